The van der Waals surface area contributed by atoms with Crippen LogP contribution in [0.5, 0.6) is 0 Å². The molecule has 0 saturated carbocycles. The molecule has 0 N–H and O–H groups in total. The van der Waals surface area contributed by atoms with Gasteiger partial charge in [0.2, 0.25) is 5.82 Å². The Morgan fingerprint density at radius 3 is 2.50 bits per heavy atom. The summed E-state index contributed by atoms with van der Waals surface area (Å²) in [5, 5.41) is 11.5. The third-order valence-electron chi connectivity index (χ3n) is 6.00. The highest BCUT2D eigenvalue weighted by Gasteiger charge is 2.46. The topological polar surface area (TPSA) is 89.7 Å². The predicted molar refractivity (Wildman–Crippen MR) is 113 cm³/mol. The van der Waals surface area contributed by atoms with Gasteiger partial charge in [0.15, 0.2) is 0 Å². The smallest absolute Gasteiger partial charge is 0.329 e. The van der Waals surface area contributed by atoms with Gasteiger partial charge in [0.25, 0.3) is 11.8 Å². The zero-order valence-electron chi connectivity index (χ0n) is 19.2. The van der Waals surface area contributed by atoms with E-state index < -0.39 is 54.3 Å². The predicted octanol–water partition coefficient (Wildman–Crippen LogP) is 3.94. The first kappa shape index (κ1) is 25.5. The summed E-state index contributed by atoms with van der Waals surface area (Å²) in [5.74, 6) is -5.35. The molecule has 2 aromatic heterocycles. The number of hydrogen-bond donors (Lipinski definition) is 0. The fourth-order valence-corrected chi connectivity index (χ4v) is 4.35. The van der Waals surface area contributed by atoms with Crippen LogP contribution in [0.25, 0.3) is 11.4 Å². The summed E-state index contributed by atoms with van der Waals surface area (Å²) in [5.41, 5.74) is -1.09. The Morgan fingerprint density at radius 2 is 1.89 bits per heavy atom. The Hall–Kier alpha value is -3.58. The largest absolute Gasteiger partial charge is 0.419 e. The molecule has 0 spiro atoms. The molecule has 3 heterocycles. The van der Waals surface area contributed by atoms with Crippen molar-refractivity contribution in [2.75, 3.05) is 6.54 Å². The molecule has 2 atom stereocenters. The van der Waals surface area contributed by atoms with Crippen molar-refractivity contribution in [2.45, 2.75) is 44.3 Å². The molecule has 192 valence electrons. The van der Waals surface area contributed by atoms with Crippen LogP contribution < -0.4 is 0 Å². The summed E-state index contributed by atoms with van der Waals surface area (Å²) in [7, 11) is 1.49. The third-order valence-corrected chi connectivity index (χ3v) is 6.00. The lowest BCUT2D eigenvalue weighted by Gasteiger charge is -2.43. The molecule has 14 heteroatoms. The van der Waals surface area contributed by atoms with Gasteiger partial charge in [0, 0.05) is 36.8 Å². The zero-order valence-corrected chi connectivity index (χ0v) is 19.2. The van der Waals surface area contributed by atoms with Crippen LogP contribution in [0.3, 0.4) is 0 Å². The van der Waals surface area contributed by atoms with E-state index in [9.17, 15) is 31.1 Å². The van der Waals surface area contributed by atoms with Crippen molar-refractivity contribution in [3.8, 4) is 11.4 Å². The van der Waals surface area contributed by atoms with E-state index in [-0.39, 0.29) is 35.6 Å². The normalized spacial score (nSPS) is 19.9. The van der Waals surface area contributed by atoms with E-state index in [1.807, 2.05) is 0 Å². The number of rotatable bonds is 5. The number of likely N-dealkylation sites (tertiary alicyclic amines) is 1. The minimum atomic E-state index is -4.59. The van der Waals surface area contributed by atoms with E-state index in [0.717, 1.165) is 21.8 Å². The second-order valence-corrected chi connectivity index (χ2v) is 8.75. The summed E-state index contributed by atoms with van der Waals surface area (Å²) in [4.78, 5) is 23.1. The number of nitrogens with zero attached hydrogens (tertiary/aromatic N) is 7. The quantitative estimate of drug-likeness (QED) is 0.480. The van der Waals surface area contributed by atoms with Gasteiger partial charge in [-0.15, -0.1) is 10.2 Å². The number of piperidine rings is 1. The minimum Gasteiger partial charge on any atom is -0.329 e. The van der Waals surface area contributed by atoms with Crippen molar-refractivity contribution in [3.63, 3.8) is 0 Å². The van der Waals surface area contributed by atoms with Gasteiger partial charge in [-0.3, -0.25) is 4.79 Å². The lowest BCUT2D eigenvalue weighted by atomic mass is 9.85. The Labute approximate surface area is 201 Å². The Balaban J connectivity index is 1.63. The number of halogens is 6. The van der Waals surface area contributed by atoms with Gasteiger partial charge in [-0.2, -0.15) is 18.0 Å². The van der Waals surface area contributed by atoms with E-state index >= 15 is 0 Å². The van der Waals surface area contributed by atoms with Crippen LogP contribution in [0, 0.1) is 11.7 Å². The van der Waals surface area contributed by atoms with Gasteiger partial charge in [0.1, 0.15) is 11.6 Å². The van der Waals surface area contributed by atoms with Gasteiger partial charge in [-0.1, -0.05) is 6.92 Å². The van der Waals surface area contributed by atoms with Crippen molar-refractivity contribution in [2.24, 2.45) is 13.0 Å². The van der Waals surface area contributed by atoms with Gasteiger partial charge in [-0.25, -0.2) is 23.1 Å². The van der Waals surface area contributed by atoms with E-state index in [1.165, 1.54) is 13.1 Å². The number of alkyl halides is 5. The number of aromatic nitrogens is 6. The first-order valence-electron chi connectivity index (χ1n) is 10.9. The molecular formula is C22H21F6N7O. The van der Waals surface area contributed by atoms with E-state index in [4.69, 9.17) is 0 Å². The van der Waals surface area contributed by atoms with Crippen LogP contribution in [-0.4, -0.2) is 59.5 Å². The number of tetrazole rings is 1. The van der Waals surface area contributed by atoms with Crippen LogP contribution in [0.2, 0.25) is 0 Å². The standard InChI is InChI=1S/C22H21F6N7O/c1-12-8-21(24,25)11-35(17(12)5-6-18-29-9-13(10-30-18)22(26,27)28)20(36)16-7-14(23)3-4-15(16)19-31-33-34(2)32-19/h3-4,7,9-10,12,17H,5-6,8,11H2,1-2H3/t12-,17-/m1/s1. The SMILES string of the molecule is C[C@@H]1CC(F)(F)CN(C(=O)c2cc(F)ccc2-c2nnn(C)n2)[C@@H]1CCc1ncc(C(F)(F)F)cn1. The fourth-order valence-electron chi connectivity index (χ4n) is 4.35. The molecule has 0 radical (unpaired) electrons. The number of carbonyl (C=O) groups excluding carboxylic acids is 1. The first-order chi connectivity index (χ1) is 16.8. The number of hydrogen-bond acceptors (Lipinski definition) is 6. The zero-order chi connectivity index (χ0) is 26.3. The molecule has 0 unspecified atom stereocenters. The van der Waals surface area contributed by atoms with Crippen molar-refractivity contribution < 1.29 is 31.1 Å². The maximum Gasteiger partial charge on any atom is 0.419 e. The average molecular weight is 513 g/mol. The molecule has 1 aliphatic rings. The number of amides is 1. The molecular weight excluding hydrogens is 492 g/mol. The number of carbonyl (C=O) groups is 1. The lowest BCUT2D eigenvalue weighted by Crippen LogP contribution is -2.55. The maximum absolute atomic E-state index is 14.5. The van der Waals surface area contributed by atoms with Crippen molar-refractivity contribution in [1.29, 1.82) is 0 Å². The van der Waals surface area contributed by atoms with Gasteiger partial charge in [-0.05, 0) is 35.8 Å². The highest BCUT2D eigenvalue weighted by atomic mass is 19.4. The second kappa shape index (κ2) is 9.47. The molecule has 1 aromatic carbocycles. The van der Waals surface area contributed by atoms with Gasteiger partial charge < -0.3 is 4.90 Å². The number of benzene rings is 1. The highest BCUT2D eigenvalue weighted by Crippen LogP contribution is 2.37. The lowest BCUT2D eigenvalue weighted by molar-refractivity contribution is -0.138. The average Bonchev–Trinajstić information content (AvgIpc) is 3.22. The summed E-state index contributed by atoms with van der Waals surface area (Å²) >= 11 is 0. The van der Waals surface area contributed by atoms with E-state index in [1.54, 1.807) is 6.92 Å². The molecule has 1 saturated heterocycles. The van der Waals surface area contributed by atoms with Gasteiger partial charge >= 0.3 is 6.18 Å². The summed E-state index contributed by atoms with van der Waals surface area (Å²) in [6.45, 7) is 0.654. The molecule has 1 amide bonds. The molecule has 1 fully saturated rings. The van der Waals surface area contributed by atoms with Crippen LogP contribution >= 0.6 is 0 Å². The molecule has 4 rings (SSSR count). The highest BCUT2D eigenvalue weighted by molar-refractivity contribution is 6.00. The summed E-state index contributed by atoms with van der Waals surface area (Å²) in [6.07, 6.45) is -3.62. The van der Waals surface area contributed by atoms with E-state index in [2.05, 4.69) is 25.4 Å². The molecule has 1 aliphatic heterocycles. The van der Waals surface area contributed by atoms with Crippen molar-refractivity contribution in [3.05, 3.63) is 53.4 Å². The van der Waals surface area contributed by atoms with E-state index in [0.29, 0.717) is 12.4 Å². The Morgan fingerprint density at radius 1 is 1.19 bits per heavy atom. The number of aryl methyl sites for hydroxylation is 2. The first-order valence-corrected chi connectivity index (χ1v) is 10.9. The molecule has 0 aliphatic carbocycles. The van der Waals surface area contributed by atoms with Crippen LogP contribution in [-0.2, 0) is 19.6 Å². The monoisotopic (exact) mass is 513 g/mol. The third kappa shape index (κ3) is 5.46. The van der Waals surface area contributed by atoms with Crippen LogP contribution in [0.1, 0.15) is 41.5 Å². The summed E-state index contributed by atoms with van der Waals surface area (Å²) in [6, 6.07) is 2.57. The van der Waals surface area contributed by atoms with Crippen LogP contribution in [0.4, 0.5) is 26.3 Å². The fraction of sp³-hybridized carbons (Fsp3) is 0.455. The second-order valence-electron chi connectivity index (χ2n) is 8.75. The van der Waals surface area contributed by atoms with Gasteiger partial charge in [0.05, 0.1) is 24.7 Å². The maximum atomic E-state index is 14.5. The minimum absolute atomic E-state index is 0.0207. The van der Waals surface area contributed by atoms with Crippen molar-refractivity contribution in [1.82, 2.24) is 35.1 Å². The molecule has 0 bridgehead atoms. The Bertz CT molecular complexity index is 1240. The van der Waals surface area contributed by atoms with Crippen LogP contribution in [0.15, 0.2) is 30.6 Å². The molecule has 36 heavy (non-hydrogen) atoms. The molecule has 3 aromatic rings. The van der Waals surface area contributed by atoms with Crippen molar-refractivity contribution >= 4 is 5.91 Å². The Kier molecular flexibility index (Phi) is 6.71. The summed E-state index contributed by atoms with van der Waals surface area (Å²) < 4.78 is 81.5. The molecule has 8 nitrogen and oxygen atoms in total.